The molecule has 0 aliphatic rings. The first kappa shape index (κ1) is 21.7. The van der Waals surface area contributed by atoms with E-state index in [2.05, 4.69) is 15.0 Å². The van der Waals surface area contributed by atoms with Crippen molar-refractivity contribution < 1.29 is 17.6 Å². The summed E-state index contributed by atoms with van der Waals surface area (Å²) in [6.45, 7) is 0. The Morgan fingerprint density at radius 1 is 0.969 bits per heavy atom. The van der Waals surface area contributed by atoms with Crippen LogP contribution in [0.25, 0.3) is 10.8 Å². The summed E-state index contributed by atoms with van der Waals surface area (Å²) < 4.78 is 41.0. The average Bonchev–Trinajstić information content (AvgIpc) is 2.76. The lowest BCUT2D eigenvalue weighted by atomic mass is 10.1. The Morgan fingerprint density at radius 2 is 1.75 bits per heavy atom. The van der Waals surface area contributed by atoms with E-state index in [4.69, 9.17) is 11.6 Å². The molecule has 3 aromatic carbocycles. The van der Waals surface area contributed by atoms with Crippen LogP contribution in [-0.2, 0) is 15.8 Å². The molecule has 1 heterocycles. The maximum Gasteiger partial charge on any atom is 0.255 e. The minimum absolute atomic E-state index is 0.00979. The molecule has 0 saturated carbocycles. The van der Waals surface area contributed by atoms with Gasteiger partial charge in [-0.2, -0.15) is 0 Å². The van der Waals surface area contributed by atoms with Gasteiger partial charge in [0.1, 0.15) is 11.6 Å². The van der Waals surface area contributed by atoms with Crippen LogP contribution in [0.4, 0.5) is 15.9 Å². The van der Waals surface area contributed by atoms with E-state index in [0.29, 0.717) is 11.3 Å². The number of hydrogen-bond donors (Lipinski definition) is 2. The van der Waals surface area contributed by atoms with Crippen LogP contribution in [-0.4, -0.2) is 19.3 Å². The Hall–Kier alpha value is -3.49. The molecule has 4 aromatic rings. The van der Waals surface area contributed by atoms with Crippen LogP contribution in [0.3, 0.4) is 0 Å². The van der Waals surface area contributed by atoms with Gasteiger partial charge in [-0.05, 0) is 46.7 Å². The van der Waals surface area contributed by atoms with E-state index in [1.807, 2.05) is 36.4 Å². The standard InChI is InChI=1S/C23H17ClFN3O3S/c24-20-13-19(7-8-21(20)25)27-23(29)18-9-10-26-22(12-18)28-32(30,31)14-15-5-6-16-3-1-2-4-17(16)11-15/h1-13H,14H2,(H,26,28)(H,27,29). The predicted octanol–water partition coefficient (Wildman–Crippen LogP) is 5.22. The number of carbonyl (C=O) groups excluding carboxylic acids is 1. The molecule has 1 amide bonds. The lowest BCUT2D eigenvalue weighted by Gasteiger charge is -2.10. The molecule has 0 atom stereocenters. The Labute approximate surface area is 189 Å². The van der Waals surface area contributed by atoms with Crippen molar-refractivity contribution in [2.24, 2.45) is 0 Å². The molecule has 9 heteroatoms. The van der Waals surface area contributed by atoms with Gasteiger partial charge in [-0.1, -0.05) is 54.1 Å². The summed E-state index contributed by atoms with van der Waals surface area (Å²) in [6.07, 6.45) is 1.32. The second-order valence-electron chi connectivity index (χ2n) is 7.06. The molecule has 0 bridgehead atoms. The number of anilines is 2. The fourth-order valence-electron chi connectivity index (χ4n) is 3.15. The highest BCUT2D eigenvalue weighted by atomic mass is 35.5. The van der Waals surface area contributed by atoms with Gasteiger partial charge < -0.3 is 5.32 Å². The fourth-order valence-corrected chi connectivity index (χ4v) is 4.45. The first-order valence-electron chi connectivity index (χ1n) is 9.50. The summed E-state index contributed by atoms with van der Waals surface area (Å²) in [4.78, 5) is 16.5. The predicted molar refractivity (Wildman–Crippen MR) is 124 cm³/mol. The number of fused-ring (bicyclic) bond motifs is 1. The molecule has 0 saturated heterocycles. The number of hydrogen-bond acceptors (Lipinski definition) is 4. The number of sulfonamides is 1. The van der Waals surface area contributed by atoms with Gasteiger partial charge in [0.15, 0.2) is 0 Å². The topological polar surface area (TPSA) is 88.2 Å². The van der Waals surface area contributed by atoms with Gasteiger partial charge in [0, 0.05) is 17.4 Å². The Bertz CT molecular complexity index is 1430. The van der Waals surface area contributed by atoms with Crippen molar-refractivity contribution in [3.05, 3.63) is 101 Å². The molecule has 0 aliphatic carbocycles. The van der Waals surface area contributed by atoms with Crippen molar-refractivity contribution in [2.45, 2.75) is 5.75 Å². The van der Waals surface area contributed by atoms with Gasteiger partial charge in [0.05, 0.1) is 10.8 Å². The molecule has 6 nitrogen and oxygen atoms in total. The highest BCUT2D eigenvalue weighted by molar-refractivity contribution is 7.91. The van der Waals surface area contributed by atoms with Gasteiger partial charge in [0.2, 0.25) is 10.0 Å². The largest absolute Gasteiger partial charge is 0.322 e. The number of benzene rings is 3. The highest BCUT2D eigenvalue weighted by Gasteiger charge is 2.15. The minimum Gasteiger partial charge on any atom is -0.322 e. The third kappa shape index (κ3) is 5.22. The summed E-state index contributed by atoms with van der Waals surface area (Å²) in [5.41, 5.74) is 1.10. The summed E-state index contributed by atoms with van der Waals surface area (Å²) in [5, 5.41) is 4.41. The molecular weight excluding hydrogens is 453 g/mol. The van der Waals surface area contributed by atoms with Gasteiger partial charge in [-0.25, -0.2) is 17.8 Å². The van der Waals surface area contributed by atoms with Crippen molar-refractivity contribution in [1.29, 1.82) is 0 Å². The number of nitrogens with one attached hydrogen (secondary N) is 2. The Morgan fingerprint density at radius 3 is 2.53 bits per heavy atom. The number of rotatable bonds is 6. The summed E-state index contributed by atoms with van der Waals surface area (Å²) in [6, 6.07) is 19.6. The van der Waals surface area contributed by atoms with Crippen molar-refractivity contribution in [3.8, 4) is 0 Å². The van der Waals surface area contributed by atoms with Gasteiger partial charge in [-0.3, -0.25) is 9.52 Å². The SMILES string of the molecule is O=C(Nc1ccc(F)c(Cl)c1)c1ccnc(NS(=O)(=O)Cc2ccc3ccccc3c2)c1. The van der Waals surface area contributed by atoms with E-state index in [1.54, 1.807) is 6.07 Å². The van der Waals surface area contributed by atoms with Gasteiger partial charge in [0.25, 0.3) is 5.91 Å². The number of amides is 1. The van der Waals surface area contributed by atoms with E-state index in [0.717, 1.165) is 16.8 Å². The first-order chi connectivity index (χ1) is 15.3. The summed E-state index contributed by atoms with van der Waals surface area (Å²) >= 11 is 5.73. The number of pyridine rings is 1. The second-order valence-corrected chi connectivity index (χ2v) is 9.18. The smallest absolute Gasteiger partial charge is 0.255 e. The zero-order valence-corrected chi connectivity index (χ0v) is 18.1. The van der Waals surface area contributed by atoms with Crippen LogP contribution in [0, 0.1) is 5.82 Å². The quantitative estimate of drug-likeness (QED) is 0.405. The van der Waals surface area contributed by atoms with E-state index >= 15 is 0 Å². The zero-order chi connectivity index (χ0) is 22.7. The van der Waals surface area contributed by atoms with E-state index < -0.39 is 21.7 Å². The van der Waals surface area contributed by atoms with E-state index in [1.165, 1.54) is 30.5 Å². The number of aromatic nitrogens is 1. The number of carbonyl (C=O) groups is 1. The molecule has 32 heavy (non-hydrogen) atoms. The monoisotopic (exact) mass is 469 g/mol. The van der Waals surface area contributed by atoms with Crippen LogP contribution < -0.4 is 10.0 Å². The maximum absolute atomic E-state index is 13.3. The van der Waals surface area contributed by atoms with Crippen molar-refractivity contribution >= 4 is 49.8 Å². The highest BCUT2D eigenvalue weighted by Crippen LogP contribution is 2.21. The molecular formula is C23H17ClFN3O3S. The molecule has 4 rings (SSSR count). The summed E-state index contributed by atoms with van der Waals surface area (Å²) in [7, 11) is -3.77. The molecule has 0 fully saturated rings. The van der Waals surface area contributed by atoms with Crippen molar-refractivity contribution in [1.82, 2.24) is 4.98 Å². The maximum atomic E-state index is 13.3. The number of nitrogens with zero attached hydrogens (tertiary/aromatic N) is 1. The molecule has 2 N–H and O–H groups in total. The zero-order valence-electron chi connectivity index (χ0n) is 16.5. The Balaban J connectivity index is 1.48. The van der Waals surface area contributed by atoms with E-state index in [-0.39, 0.29) is 22.2 Å². The Kier molecular flexibility index (Phi) is 6.07. The van der Waals surface area contributed by atoms with Crippen LogP contribution >= 0.6 is 11.6 Å². The molecule has 0 aliphatic heterocycles. The van der Waals surface area contributed by atoms with Crippen LogP contribution in [0.1, 0.15) is 15.9 Å². The lowest BCUT2D eigenvalue weighted by molar-refractivity contribution is 0.102. The molecule has 0 spiro atoms. The van der Waals surface area contributed by atoms with Crippen LogP contribution in [0.15, 0.2) is 79.0 Å². The van der Waals surface area contributed by atoms with Gasteiger partial charge in [-0.15, -0.1) is 0 Å². The average molecular weight is 470 g/mol. The van der Waals surface area contributed by atoms with Crippen LogP contribution in [0.2, 0.25) is 5.02 Å². The third-order valence-electron chi connectivity index (χ3n) is 4.63. The third-order valence-corrected chi connectivity index (χ3v) is 6.15. The molecule has 162 valence electrons. The van der Waals surface area contributed by atoms with Crippen LogP contribution in [0.5, 0.6) is 0 Å². The van der Waals surface area contributed by atoms with Crippen molar-refractivity contribution in [3.63, 3.8) is 0 Å². The first-order valence-corrected chi connectivity index (χ1v) is 11.5. The lowest BCUT2D eigenvalue weighted by Crippen LogP contribution is -2.17. The van der Waals surface area contributed by atoms with Gasteiger partial charge >= 0.3 is 0 Å². The second kappa shape index (κ2) is 8.94. The fraction of sp³-hybridized carbons (Fsp3) is 0.0435. The van der Waals surface area contributed by atoms with Crippen molar-refractivity contribution in [2.75, 3.05) is 10.0 Å². The van der Waals surface area contributed by atoms with E-state index in [9.17, 15) is 17.6 Å². The summed E-state index contributed by atoms with van der Waals surface area (Å²) in [5.74, 6) is -1.36. The molecule has 1 aromatic heterocycles. The normalized spacial score (nSPS) is 11.3. The molecule has 0 radical (unpaired) electrons. The number of halogens is 2. The minimum atomic E-state index is -3.77. The molecule has 0 unspecified atom stereocenters.